The molecular formula is C17H24O7. The molecule has 2 aliphatic carbocycles. The zero-order valence-corrected chi connectivity index (χ0v) is 14.0. The molecule has 6 atom stereocenters. The van der Waals surface area contributed by atoms with E-state index in [-0.39, 0.29) is 24.4 Å². The van der Waals surface area contributed by atoms with E-state index in [2.05, 4.69) is 0 Å². The smallest absolute Gasteiger partial charge is 0.347 e. The van der Waals surface area contributed by atoms with Crippen LogP contribution in [-0.4, -0.2) is 46.9 Å². The summed E-state index contributed by atoms with van der Waals surface area (Å²) >= 11 is 0. The van der Waals surface area contributed by atoms with Crippen LogP contribution in [0.5, 0.6) is 0 Å². The molecule has 0 aromatic rings. The summed E-state index contributed by atoms with van der Waals surface area (Å²) in [6.07, 6.45) is 1.07. The van der Waals surface area contributed by atoms with Crippen LogP contribution in [0.2, 0.25) is 0 Å². The number of ether oxygens (including phenoxy) is 3. The van der Waals surface area contributed by atoms with Crippen molar-refractivity contribution in [2.45, 2.75) is 76.3 Å². The standard InChI is InChI=1S/C17H24O7/c1-3-13(23-14(19)9(2)18)16(21)24-17-6-10-4-11(7-17)15(20)22-12(5-10)8-17/h9-13,18H,3-8H2,1-2H3. The molecule has 2 saturated carbocycles. The van der Waals surface area contributed by atoms with Gasteiger partial charge >= 0.3 is 17.9 Å². The summed E-state index contributed by atoms with van der Waals surface area (Å²) in [5.41, 5.74) is -0.704. The summed E-state index contributed by atoms with van der Waals surface area (Å²) in [6, 6.07) is 0. The molecule has 7 heteroatoms. The molecule has 2 heterocycles. The fraction of sp³-hybridized carbons (Fsp3) is 0.824. The minimum absolute atomic E-state index is 0.187. The van der Waals surface area contributed by atoms with Crippen molar-refractivity contribution in [1.29, 1.82) is 0 Å². The molecule has 2 saturated heterocycles. The van der Waals surface area contributed by atoms with Gasteiger partial charge in [0.15, 0.2) is 6.10 Å². The number of fused-ring (bicyclic) bond motifs is 1. The predicted molar refractivity (Wildman–Crippen MR) is 80.6 cm³/mol. The van der Waals surface area contributed by atoms with Gasteiger partial charge in [0.05, 0.1) is 5.92 Å². The quantitative estimate of drug-likeness (QED) is 0.591. The molecule has 1 N–H and O–H groups in total. The number of hydrogen-bond acceptors (Lipinski definition) is 7. The molecule has 4 bridgehead atoms. The van der Waals surface area contributed by atoms with Gasteiger partial charge in [0.2, 0.25) is 0 Å². The summed E-state index contributed by atoms with van der Waals surface area (Å²) in [4.78, 5) is 36.1. The molecule has 0 aromatic heterocycles. The second-order valence-corrected chi connectivity index (χ2v) is 7.32. The third kappa shape index (κ3) is 3.27. The van der Waals surface area contributed by atoms with Crippen LogP contribution in [0, 0.1) is 11.8 Å². The Morgan fingerprint density at radius 1 is 1.29 bits per heavy atom. The number of aliphatic hydroxyl groups excluding tert-OH is 1. The van der Waals surface area contributed by atoms with Gasteiger partial charge in [-0.15, -0.1) is 0 Å². The van der Waals surface area contributed by atoms with Crippen LogP contribution >= 0.6 is 0 Å². The third-order valence-electron chi connectivity index (χ3n) is 5.26. The van der Waals surface area contributed by atoms with E-state index >= 15 is 0 Å². The predicted octanol–water partition coefficient (Wildman–Crippen LogP) is 1.11. The fourth-order valence-electron chi connectivity index (χ4n) is 4.31. The number of carbonyl (C=O) groups excluding carboxylic acids is 3. The van der Waals surface area contributed by atoms with Crippen LogP contribution < -0.4 is 0 Å². The Morgan fingerprint density at radius 3 is 2.71 bits per heavy atom. The van der Waals surface area contributed by atoms with Crippen molar-refractivity contribution in [2.24, 2.45) is 11.8 Å². The summed E-state index contributed by atoms with van der Waals surface area (Å²) < 4.78 is 16.3. The molecule has 24 heavy (non-hydrogen) atoms. The first-order valence-corrected chi connectivity index (χ1v) is 8.64. The lowest BCUT2D eigenvalue weighted by atomic mass is 9.65. The maximum Gasteiger partial charge on any atom is 0.347 e. The highest BCUT2D eigenvalue weighted by atomic mass is 16.6. The Labute approximate surface area is 140 Å². The minimum atomic E-state index is -1.29. The molecule has 134 valence electrons. The molecule has 0 radical (unpaired) electrons. The Balaban J connectivity index is 1.71. The average Bonchev–Trinajstić information content (AvgIpc) is 2.65. The Morgan fingerprint density at radius 2 is 2.04 bits per heavy atom. The van der Waals surface area contributed by atoms with E-state index < -0.39 is 29.7 Å². The van der Waals surface area contributed by atoms with Crippen LogP contribution in [0.3, 0.4) is 0 Å². The van der Waals surface area contributed by atoms with E-state index in [4.69, 9.17) is 14.2 Å². The summed E-state index contributed by atoms with van der Waals surface area (Å²) in [7, 11) is 0. The average molecular weight is 340 g/mol. The SMILES string of the molecule is CCC(OC(=O)C(C)O)C(=O)OC12CC3CC(C1)OC(=O)C(C3)C2. The van der Waals surface area contributed by atoms with E-state index in [0.29, 0.717) is 18.8 Å². The highest BCUT2D eigenvalue weighted by Gasteiger charge is 2.55. The number of aliphatic hydroxyl groups is 1. The van der Waals surface area contributed by atoms with E-state index in [9.17, 15) is 19.5 Å². The molecular weight excluding hydrogens is 316 g/mol. The van der Waals surface area contributed by atoms with Crippen LogP contribution in [0.25, 0.3) is 0 Å². The van der Waals surface area contributed by atoms with Crippen LogP contribution in [0.15, 0.2) is 0 Å². The maximum absolute atomic E-state index is 12.5. The van der Waals surface area contributed by atoms with Crippen LogP contribution in [0.4, 0.5) is 0 Å². The van der Waals surface area contributed by atoms with Gasteiger partial charge in [0.1, 0.15) is 17.8 Å². The summed E-state index contributed by atoms with van der Waals surface area (Å²) in [6.45, 7) is 2.99. The lowest BCUT2D eigenvalue weighted by Gasteiger charge is -2.45. The molecule has 2 aliphatic heterocycles. The zero-order valence-electron chi connectivity index (χ0n) is 14.0. The molecule has 6 unspecified atom stereocenters. The van der Waals surface area contributed by atoms with Gasteiger partial charge in [-0.25, -0.2) is 9.59 Å². The molecule has 7 nitrogen and oxygen atoms in total. The number of carbonyl (C=O) groups is 3. The Kier molecular flexibility index (Phi) is 4.55. The highest BCUT2D eigenvalue weighted by molar-refractivity contribution is 5.81. The van der Waals surface area contributed by atoms with Gasteiger partial charge in [-0.3, -0.25) is 4.79 Å². The second kappa shape index (κ2) is 6.35. The van der Waals surface area contributed by atoms with Crippen LogP contribution in [0.1, 0.15) is 52.4 Å². The Bertz CT molecular complexity index is 543. The Hall–Kier alpha value is -1.63. The fourth-order valence-corrected chi connectivity index (χ4v) is 4.31. The minimum Gasteiger partial charge on any atom is -0.462 e. The van der Waals surface area contributed by atoms with Crippen LogP contribution in [-0.2, 0) is 28.6 Å². The zero-order chi connectivity index (χ0) is 17.5. The summed E-state index contributed by atoms with van der Waals surface area (Å²) in [5.74, 6) is -1.54. The van der Waals surface area contributed by atoms with Gasteiger partial charge in [-0.2, -0.15) is 0 Å². The molecule has 4 fully saturated rings. The molecule has 4 aliphatic rings. The topological polar surface area (TPSA) is 99.1 Å². The largest absolute Gasteiger partial charge is 0.462 e. The highest BCUT2D eigenvalue weighted by Crippen LogP contribution is 2.51. The van der Waals surface area contributed by atoms with Gasteiger partial charge in [0, 0.05) is 12.8 Å². The first-order valence-electron chi connectivity index (χ1n) is 8.64. The lowest BCUT2D eigenvalue weighted by Crippen LogP contribution is -2.49. The van der Waals surface area contributed by atoms with Gasteiger partial charge in [-0.1, -0.05) is 6.92 Å². The van der Waals surface area contributed by atoms with Crippen molar-refractivity contribution in [2.75, 3.05) is 0 Å². The summed E-state index contributed by atoms with van der Waals surface area (Å²) in [5, 5.41) is 9.24. The first-order chi connectivity index (χ1) is 11.3. The number of rotatable bonds is 5. The van der Waals surface area contributed by atoms with Crippen molar-refractivity contribution in [3.05, 3.63) is 0 Å². The molecule has 0 spiro atoms. The van der Waals surface area contributed by atoms with Gasteiger partial charge in [-0.05, 0) is 38.5 Å². The number of esters is 3. The molecule has 0 amide bonds. The van der Waals surface area contributed by atoms with Crippen molar-refractivity contribution in [1.82, 2.24) is 0 Å². The van der Waals surface area contributed by atoms with Crippen molar-refractivity contribution >= 4 is 17.9 Å². The number of hydrogen-bond donors (Lipinski definition) is 1. The molecule has 0 aromatic carbocycles. The van der Waals surface area contributed by atoms with Gasteiger partial charge in [0.25, 0.3) is 0 Å². The van der Waals surface area contributed by atoms with Crippen molar-refractivity contribution in [3.63, 3.8) is 0 Å². The van der Waals surface area contributed by atoms with E-state index in [0.717, 1.165) is 19.3 Å². The van der Waals surface area contributed by atoms with E-state index in [1.165, 1.54) is 6.92 Å². The normalized spacial score (nSPS) is 36.5. The maximum atomic E-state index is 12.5. The first kappa shape index (κ1) is 17.2. The monoisotopic (exact) mass is 340 g/mol. The van der Waals surface area contributed by atoms with E-state index in [1.807, 2.05) is 0 Å². The molecule has 4 rings (SSSR count). The van der Waals surface area contributed by atoms with Crippen molar-refractivity contribution in [3.8, 4) is 0 Å². The van der Waals surface area contributed by atoms with Gasteiger partial charge < -0.3 is 19.3 Å². The second-order valence-electron chi connectivity index (χ2n) is 7.32. The van der Waals surface area contributed by atoms with Crippen molar-refractivity contribution < 1.29 is 33.7 Å². The third-order valence-corrected chi connectivity index (χ3v) is 5.26. The lowest BCUT2D eigenvalue weighted by molar-refractivity contribution is -0.191. The van der Waals surface area contributed by atoms with E-state index in [1.54, 1.807) is 6.92 Å².